The number of fused-ring (bicyclic) bond motifs is 1. The number of aromatic carboxylic acids is 1. The molecule has 162 valence electrons. The van der Waals surface area contributed by atoms with E-state index in [1.54, 1.807) is 13.0 Å². The zero-order valence-corrected chi connectivity index (χ0v) is 18.3. The highest BCUT2D eigenvalue weighted by Gasteiger charge is 2.21. The van der Waals surface area contributed by atoms with Crippen LogP contribution in [0.5, 0.6) is 0 Å². The summed E-state index contributed by atoms with van der Waals surface area (Å²) in [6.07, 6.45) is 0. The molecule has 0 fully saturated rings. The van der Waals surface area contributed by atoms with Crippen LogP contribution in [0.4, 0.5) is 5.00 Å². The van der Waals surface area contributed by atoms with Crippen LogP contribution in [-0.4, -0.2) is 32.4 Å². The van der Waals surface area contributed by atoms with Crippen LogP contribution in [0.2, 0.25) is 0 Å². The van der Waals surface area contributed by atoms with Gasteiger partial charge < -0.3 is 16.2 Å². The highest BCUT2D eigenvalue weighted by atomic mass is 32.1. The standard InChI is InChI=1S/C21H16N4O5S2/c1-10-23-19-16(13(9-31-19)21(29)30)20(28)25(10)8-15(26)24-18-12(17(22)27)7-14(32-18)11-5-3-2-4-6-11/h2-7,9H,8H2,1H3,(H2,22,27)(H,24,26)(H,29,30). The zero-order valence-electron chi connectivity index (χ0n) is 16.6. The first kappa shape index (κ1) is 21.4. The molecular formula is C21H16N4O5S2. The highest BCUT2D eigenvalue weighted by molar-refractivity contribution is 7.20. The fourth-order valence-corrected chi connectivity index (χ4v) is 5.22. The maximum Gasteiger partial charge on any atom is 0.337 e. The normalized spacial score (nSPS) is 10.9. The molecule has 3 heterocycles. The number of anilines is 1. The monoisotopic (exact) mass is 468 g/mol. The first-order chi connectivity index (χ1) is 15.3. The molecular weight excluding hydrogens is 452 g/mol. The number of hydrogen-bond donors (Lipinski definition) is 3. The smallest absolute Gasteiger partial charge is 0.337 e. The Morgan fingerprint density at radius 2 is 1.91 bits per heavy atom. The van der Waals surface area contributed by atoms with E-state index in [1.165, 1.54) is 16.7 Å². The zero-order chi connectivity index (χ0) is 23.0. The largest absolute Gasteiger partial charge is 0.478 e. The number of carbonyl (C=O) groups excluding carboxylic acids is 2. The molecule has 0 unspecified atom stereocenters. The number of nitrogens with zero attached hydrogens (tertiary/aromatic N) is 2. The number of benzene rings is 1. The number of thiophene rings is 2. The summed E-state index contributed by atoms with van der Waals surface area (Å²) in [6, 6.07) is 10.9. The van der Waals surface area contributed by atoms with E-state index >= 15 is 0 Å². The van der Waals surface area contributed by atoms with Crippen LogP contribution in [0.3, 0.4) is 0 Å². The van der Waals surface area contributed by atoms with Gasteiger partial charge in [0.05, 0.1) is 16.5 Å². The summed E-state index contributed by atoms with van der Waals surface area (Å²) in [5, 5.41) is 13.5. The number of amides is 2. The third-order valence-corrected chi connectivity index (χ3v) is 6.70. The molecule has 0 aliphatic carbocycles. The minimum atomic E-state index is -1.24. The molecule has 4 aromatic rings. The maximum atomic E-state index is 12.9. The molecule has 4 N–H and O–H groups in total. The summed E-state index contributed by atoms with van der Waals surface area (Å²) in [6.45, 7) is 1.15. The van der Waals surface area contributed by atoms with Gasteiger partial charge in [0.1, 0.15) is 22.2 Å². The second-order valence-electron chi connectivity index (χ2n) is 6.82. The molecule has 0 atom stereocenters. The van der Waals surface area contributed by atoms with E-state index in [0.717, 1.165) is 26.3 Å². The van der Waals surface area contributed by atoms with Gasteiger partial charge in [0.2, 0.25) is 5.91 Å². The van der Waals surface area contributed by atoms with Gasteiger partial charge in [-0.2, -0.15) is 0 Å². The molecule has 0 radical (unpaired) electrons. The van der Waals surface area contributed by atoms with Crippen molar-refractivity contribution >= 4 is 55.7 Å². The number of carboxylic acids is 1. The Morgan fingerprint density at radius 3 is 2.56 bits per heavy atom. The predicted molar refractivity (Wildman–Crippen MR) is 122 cm³/mol. The first-order valence-electron chi connectivity index (χ1n) is 9.27. The Kier molecular flexibility index (Phi) is 5.59. The van der Waals surface area contributed by atoms with Crippen LogP contribution in [0, 0.1) is 6.92 Å². The fourth-order valence-electron chi connectivity index (χ4n) is 3.19. The summed E-state index contributed by atoms with van der Waals surface area (Å²) < 4.78 is 1.10. The van der Waals surface area contributed by atoms with Gasteiger partial charge in [-0.25, -0.2) is 9.78 Å². The van der Waals surface area contributed by atoms with Gasteiger partial charge in [-0.1, -0.05) is 30.3 Å². The van der Waals surface area contributed by atoms with Crippen LogP contribution in [-0.2, 0) is 11.3 Å². The Bertz CT molecular complexity index is 1440. The van der Waals surface area contributed by atoms with Crippen molar-refractivity contribution in [3.8, 4) is 10.4 Å². The molecule has 32 heavy (non-hydrogen) atoms. The van der Waals surface area contributed by atoms with Crippen molar-refractivity contribution in [3.63, 3.8) is 0 Å². The van der Waals surface area contributed by atoms with Gasteiger partial charge in [-0.15, -0.1) is 22.7 Å². The lowest BCUT2D eigenvalue weighted by Crippen LogP contribution is -2.30. The predicted octanol–water partition coefficient (Wildman–Crippen LogP) is 2.93. The molecule has 1 aromatic carbocycles. The van der Waals surface area contributed by atoms with Crippen molar-refractivity contribution in [1.82, 2.24) is 9.55 Å². The molecule has 0 spiro atoms. The van der Waals surface area contributed by atoms with Crippen molar-refractivity contribution < 1.29 is 19.5 Å². The van der Waals surface area contributed by atoms with Crippen molar-refractivity contribution in [2.75, 3.05) is 5.32 Å². The number of primary amides is 1. The third-order valence-electron chi connectivity index (χ3n) is 4.73. The Balaban J connectivity index is 1.66. The molecule has 3 aromatic heterocycles. The molecule has 11 heteroatoms. The number of rotatable bonds is 6. The van der Waals surface area contributed by atoms with Gasteiger partial charge in [-0.3, -0.25) is 19.0 Å². The molecule has 2 amide bonds. The van der Waals surface area contributed by atoms with Crippen LogP contribution in [0.25, 0.3) is 20.7 Å². The number of carboxylic acid groups (broad SMARTS) is 1. The second kappa shape index (κ2) is 8.36. The summed E-state index contributed by atoms with van der Waals surface area (Å²) in [4.78, 5) is 54.2. The number of nitrogens with two attached hydrogens (primary N) is 1. The topological polar surface area (TPSA) is 144 Å². The van der Waals surface area contributed by atoms with Gasteiger partial charge in [0, 0.05) is 10.3 Å². The number of nitrogens with one attached hydrogen (secondary N) is 1. The van der Waals surface area contributed by atoms with Crippen molar-refractivity contribution in [1.29, 1.82) is 0 Å². The van der Waals surface area contributed by atoms with Gasteiger partial charge in [0.25, 0.3) is 11.5 Å². The number of carbonyl (C=O) groups is 3. The highest BCUT2D eigenvalue weighted by Crippen LogP contribution is 2.35. The quantitative estimate of drug-likeness (QED) is 0.397. The molecule has 0 aliphatic rings. The second-order valence-corrected chi connectivity index (χ2v) is 8.73. The van der Waals surface area contributed by atoms with Crippen molar-refractivity contribution in [2.45, 2.75) is 13.5 Å². The minimum absolute atomic E-state index is 0.0405. The molecule has 9 nitrogen and oxygen atoms in total. The van der Waals surface area contributed by atoms with Gasteiger partial charge in [0.15, 0.2) is 0 Å². The van der Waals surface area contributed by atoms with Crippen molar-refractivity contribution in [2.24, 2.45) is 5.73 Å². The van der Waals surface area contributed by atoms with Crippen LogP contribution < -0.4 is 16.6 Å². The van der Waals surface area contributed by atoms with E-state index < -0.39 is 29.9 Å². The van der Waals surface area contributed by atoms with E-state index in [1.807, 2.05) is 30.3 Å². The Morgan fingerprint density at radius 1 is 1.19 bits per heavy atom. The van der Waals surface area contributed by atoms with Gasteiger partial charge in [-0.05, 0) is 18.6 Å². The van der Waals surface area contributed by atoms with Crippen LogP contribution in [0.15, 0.2) is 46.6 Å². The minimum Gasteiger partial charge on any atom is -0.478 e. The van der Waals surface area contributed by atoms with Crippen LogP contribution >= 0.6 is 22.7 Å². The number of aromatic nitrogens is 2. The van der Waals surface area contributed by atoms with E-state index in [0.29, 0.717) is 4.83 Å². The SMILES string of the molecule is Cc1nc2scc(C(=O)O)c2c(=O)n1CC(=O)Nc1sc(-c2ccccc2)cc1C(N)=O. The maximum absolute atomic E-state index is 12.9. The van der Waals surface area contributed by atoms with E-state index in [2.05, 4.69) is 10.3 Å². The lowest BCUT2D eigenvalue weighted by atomic mass is 10.1. The van der Waals surface area contributed by atoms with E-state index in [9.17, 15) is 24.3 Å². The molecule has 4 rings (SSSR count). The average Bonchev–Trinajstić information content (AvgIpc) is 3.36. The molecule has 0 saturated heterocycles. The van der Waals surface area contributed by atoms with E-state index in [-0.39, 0.29) is 27.3 Å². The van der Waals surface area contributed by atoms with E-state index in [4.69, 9.17) is 5.73 Å². The number of aryl methyl sites for hydroxylation is 1. The average molecular weight is 469 g/mol. The third kappa shape index (κ3) is 3.90. The first-order valence-corrected chi connectivity index (χ1v) is 11.0. The fraction of sp³-hybridized carbons (Fsp3) is 0.0952. The lowest BCUT2D eigenvalue weighted by Gasteiger charge is -2.10. The number of hydrogen-bond acceptors (Lipinski definition) is 7. The summed E-state index contributed by atoms with van der Waals surface area (Å²) in [7, 11) is 0. The van der Waals surface area contributed by atoms with Crippen molar-refractivity contribution in [3.05, 3.63) is 69.1 Å². The summed E-state index contributed by atoms with van der Waals surface area (Å²) >= 11 is 2.24. The molecule has 0 bridgehead atoms. The lowest BCUT2D eigenvalue weighted by molar-refractivity contribution is -0.116. The molecule has 0 aliphatic heterocycles. The summed E-state index contributed by atoms with van der Waals surface area (Å²) in [5.74, 6) is -2.25. The Hall–Kier alpha value is -3.83. The molecule has 0 saturated carbocycles. The van der Waals surface area contributed by atoms with Gasteiger partial charge >= 0.3 is 5.97 Å². The summed E-state index contributed by atoms with van der Waals surface area (Å²) in [5.41, 5.74) is 5.72. The van der Waals surface area contributed by atoms with Crippen LogP contribution in [0.1, 0.15) is 26.5 Å². The Labute approximate surface area is 188 Å².